The molecule has 0 unspecified atom stereocenters. The van der Waals surface area contributed by atoms with Crippen LogP contribution in [0.1, 0.15) is 19.8 Å². The smallest absolute Gasteiger partial charge is 0.297 e. The van der Waals surface area contributed by atoms with Crippen LogP contribution in [0.5, 0.6) is 0 Å². The first kappa shape index (κ1) is 13.4. The van der Waals surface area contributed by atoms with E-state index in [0.29, 0.717) is 0 Å². The molecule has 0 aliphatic heterocycles. The topological polar surface area (TPSA) is 138 Å². The van der Waals surface area contributed by atoms with Crippen molar-refractivity contribution < 1.29 is 35.4 Å². The number of hydrogen-bond donors (Lipinski definition) is 6. The first-order valence-electron chi connectivity index (χ1n) is 3.86. The van der Waals surface area contributed by atoms with Gasteiger partial charge >= 0.3 is 0 Å². The van der Waals surface area contributed by atoms with E-state index < -0.39 is 23.8 Å². The van der Waals surface area contributed by atoms with Crippen molar-refractivity contribution in [1.82, 2.24) is 0 Å². The fourth-order valence-corrected chi connectivity index (χ4v) is 1.12. The Bertz CT molecular complexity index is 185. The summed E-state index contributed by atoms with van der Waals surface area (Å²) in [6.45, 7) is 1.46. The molecule has 0 aliphatic rings. The zero-order valence-electron chi connectivity index (χ0n) is 7.51. The van der Waals surface area contributed by atoms with Gasteiger partial charge < -0.3 is 30.6 Å². The third-order valence-electron chi connectivity index (χ3n) is 1.94. The average molecular weight is 209 g/mol. The van der Waals surface area contributed by atoms with Gasteiger partial charge in [-0.3, -0.25) is 4.79 Å². The van der Waals surface area contributed by atoms with Crippen molar-refractivity contribution in [2.45, 2.75) is 31.7 Å². The quantitative estimate of drug-likeness (QED) is 0.268. The molecule has 0 fully saturated rings. The molecule has 0 rings (SSSR count). The van der Waals surface area contributed by atoms with Crippen molar-refractivity contribution in [3.8, 4) is 0 Å². The van der Waals surface area contributed by atoms with Gasteiger partial charge in [-0.15, -0.1) is 0 Å². The van der Waals surface area contributed by atoms with E-state index >= 15 is 0 Å². The molecule has 7 nitrogen and oxygen atoms in total. The van der Waals surface area contributed by atoms with Gasteiger partial charge in [-0.05, 0) is 6.42 Å². The molecule has 0 heterocycles. The first-order chi connectivity index (χ1) is 6.12. The highest BCUT2D eigenvalue weighted by Gasteiger charge is 2.63. The Labute approximate surface area is 79.9 Å². The lowest BCUT2D eigenvalue weighted by Gasteiger charge is -2.39. The third kappa shape index (κ3) is 2.08. The van der Waals surface area contributed by atoms with Crippen LogP contribution in [0.25, 0.3) is 0 Å². The van der Waals surface area contributed by atoms with Gasteiger partial charge in [0, 0.05) is 0 Å². The fourth-order valence-electron chi connectivity index (χ4n) is 1.12. The van der Waals surface area contributed by atoms with Crippen LogP contribution in [-0.2, 0) is 4.79 Å². The van der Waals surface area contributed by atoms with Crippen molar-refractivity contribution in [3.05, 3.63) is 0 Å². The van der Waals surface area contributed by atoms with Gasteiger partial charge in [0.15, 0.2) is 5.41 Å². The molecule has 0 amide bonds. The first-order valence-corrected chi connectivity index (χ1v) is 3.86. The van der Waals surface area contributed by atoms with Gasteiger partial charge in [0.25, 0.3) is 11.9 Å². The Morgan fingerprint density at radius 1 is 1.00 bits per heavy atom. The van der Waals surface area contributed by atoms with Crippen molar-refractivity contribution in [2.24, 2.45) is 5.41 Å². The van der Waals surface area contributed by atoms with E-state index in [-0.39, 0.29) is 6.42 Å². The molecule has 0 aromatic carbocycles. The molecular weight excluding hydrogens is 196 g/mol. The summed E-state index contributed by atoms with van der Waals surface area (Å²) in [5.41, 5.74) is -3.01. The minimum absolute atomic E-state index is 0.0715. The van der Waals surface area contributed by atoms with Crippen LogP contribution in [0.4, 0.5) is 0 Å². The van der Waals surface area contributed by atoms with Crippen molar-refractivity contribution >= 4 is 6.29 Å². The Kier molecular flexibility index (Phi) is 3.73. The van der Waals surface area contributed by atoms with E-state index in [4.69, 9.17) is 30.6 Å². The molecule has 0 aliphatic carbocycles. The highest BCUT2D eigenvalue weighted by molar-refractivity contribution is 5.62. The van der Waals surface area contributed by atoms with Crippen LogP contribution in [0.3, 0.4) is 0 Å². The molecule has 83 valence electrons. The molecule has 0 bridgehead atoms. The molecule has 0 aromatic rings. The van der Waals surface area contributed by atoms with Crippen LogP contribution in [0.15, 0.2) is 0 Å². The highest BCUT2D eigenvalue weighted by Crippen LogP contribution is 2.38. The summed E-state index contributed by atoms with van der Waals surface area (Å²) < 4.78 is 0. The van der Waals surface area contributed by atoms with Crippen LogP contribution in [0.2, 0.25) is 0 Å². The van der Waals surface area contributed by atoms with E-state index in [2.05, 4.69) is 0 Å². The largest absolute Gasteiger partial charge is 0.343 e. The summed E-state index contributed by atoms with van der Waals surface area (Å²) >= 11 is 0. The fraction of sp³-hybridized carbons (Fsp3) is 0.857. The number of carbonyl (C=O) groups excluding carboxylic acids is 1. The molecule has 1 radical (unpaired) electrons. The zero-order valence-corrected chi connectivity index (χ0v) is 7.51. The van der Waals surface area contributed by atoms with E-state index in [1.54, 1.807) is 0 Å². The van der Waals surface area contributed by atoms with E-state index in [1.165, 1.54) is 6.92 Å². The molecule has 0 aromatic heterocycles. The van der Waals surface area contributed by atoms with Gasteiger partial charge in [-0.1, -0.05) is 13.3 Å². The zero-order chi connectivity index (χ0) is 11.6. The summed E-state index contributed by atoms with van der Waals surface area (Å²) in [5, 5.41) is 52.6. The van der Waals surface area contributed by atoms with Crippen molar-refractivity contribution in [3.63, 3.8) is 0 Å². The van der Waals surface area contributed by atoms with E-state index in [9.17, 15) is 4.79 Å². The monoisotopic (exact) mass is 209 g/mol. The Morgan fingerprint density at radius 2 is 1.36 bits per heavy atom. The second-order valence-electron chi connectivity index (χ2n) is 3.03. The number of hydrogen-bond acceptors (Lipinski definition) is 7. The Balaban J connectivity index is 5.32. The molecular formula is C7H13O7. The highest BCUT2D eigenvalue weighted by atomic mass is 16.7. The second-order valence-corrected chi connectivity index (χ2v) is 3.03. The molecule has 0 saturated carbocycles. The standard InChI is InChI=1S/C7H13O7/c1-2-3-5(4-8,6(9,10)11)7(12,13)14/h9-14H,2-3H2,1H3. The van der Waals surface area contributed by atoms with Gasteiger partial charge in [0.05, 0.1) is 0 Å². The van der Waals surface area contributed by atoms with Gasteiger partial charge in [0.1, 0.15) is 0 Å². The predicted molar refractivity (Wildman–Crippen MR) is 41.8 cm³/mol. The van der Waals surface area contributed by atoms with Crippen LogP contribution in [0, 0.1) is 5.41 Å². The maximum atomic E-state index is 10.4. The molecule has 0 spiro atoms. The SMILES string of the molecule is CCCC([C]=O)(C(O)(O)O)C(O)(O)O. The summed E-state index contributed by atoms with van der Waals surface area (Å²) in [4.78, 5) is 10.4. The third-order valence-corrected chi connectivity index (χ3v) is 1.94. The minimum Gasteiger partial charge on any atom is -0.343 e. The van der Waals surface area contributed by atoms with Crippen LogP contribution in [-0.4, -0.2) is 48.9 Å². The lowest BCUT2D eigenvalue weighted by atomic mass is 9.79. The lowest BCUT2D eigenvalue weighted by Crippen LogP contribution is -2.63. The second kappa shape index (κ2) is 3.89. The van der Waals surface area contributed by atoms with Crippen LogP contribution < -0.4 is 0 Å². The number of rotatable bonds is 5. The summed E-state index contributed by atoms with van der Waals surface area (Å²) in [5.74, 6) is -7.55. The maximum Gasteiger partial charge on any atom is 0.297 e. The summed E-state index contributed by atoms with van der Waals surface area (Å²) in [6, 6.07) is 0. The van der Waals surface area contributed by atoms with Crippen LogP contribution >= 0.6 is 0 Å². The molecule has 0 atom stereocenters. The molecule has 7 heteroatoms. The normalized spacial score (nSPS) is 14.2. The lowest BCUT2D eigenvalue weighted by molar-refractivity contribution is -0.461. The Hall–Kier alpha value is -0.570. The van der Waals surface area contributed by atoms with Gasteiger partial charge in [-0.25, -0.2) is 0 Å². The van der Waals surface area contributed by atoms with Crippen molar-refractivity contribution in [2.75, 3.05) is 0 Å². The van der Waals surface area contributed by atoms with E-state index in [1.807, 2.05) is 0 Å². The molecule has 6 N–H and O–H groups in total. The maximum absolute atomic E-state index is 10.4. The molecule has 0 saturated heterocycles. The van der Waals surface area contributed by atoms with Crippen molar-refractivity contribution in [1.29, 1.82) is 0 Å². The predicted octanol–water partition coefficient (Wildman–Crippen LogP) is -2.86. The summed E-state index contributed by atoms with van der Waals surface area (Å²) in [7, 11) is 0. The minimum atomic E-state index is -3.77. The Morgan fingerprint density at radius 3 is 1.43 bits per heavy atom. The molecule has 14 heavy (non-hydrogen) atoms. The average Bonchev–Trinajstić information content (AvgIpc) is 1.94. The van der Waals surface area contributed by atoms with E-state index in [0.717, 1.165) is 6.29 Å². The summed E-state index contributed by atoms with van der Waals surface area (Å²) in [6.07, 6.45) is 0.338. The van der Waals surface area contributed by atoms with Gasteiger partial charge in [0.2, 0.25) is 6.29 Å². The number of aliphatic hydroxyl groups is 6. The van der Waals surface area contributed by atoms with Gasteiger partial charge in [-0.2, -0.15) is 0 Å².